The van der Waals surface area contributed by atoms with Gasteiger partial charge in [-0.15, -0.1) is 11.3 Å². The van der Waals surface area contributed by atoms with Gasteiger partial charge in [-0.3, -0.25) is 0 Å². The second-order valence-electron chi connectivity index (χ2n) is 7.91. The highest BCUT2D eigenvalue weighted by atomic mass is 35.5. The number of hydrogen-bond acceptors (Lipinski definition) is 4. The van der Waals surface area contributed by atoms with Crippen molar-refractivity contribution in [3.63, 3.8) is 0 Å². The highest BCUT2D eigenvalue weighted by Gasteiger charge is 2.36. The van der Waals surface area contributed by atoms with Crippen LogP contribution in [0.25, 0.3) is 16.7 Å². The number of fused-ring (bicyclic) bond motifs is 5. The van der Waals surface area contributed by atoms with Crippen LogP contribution in [0.2, 0.25) is 5.02 Å². The lowest BCUT2D eigenvalue weighted by atomic mass is 9.81. The fourth-order valence-corrected chi connectivity index (χ4v) is 5.38. The number of allylic oxidation sites excluding steroid dienone is 1. The molecule has 0 amide bonds. The third kappa shape index (κ3) is 2.55. The highest BCUT2D eigenvalue weighted by Crippen LogP contribution is 2.54. The molecule has 2 N–H and O–H groups in total. The normalized spacial score (nSPS) is 18.9. The molecule has 5 heteroatoms. The van der Waals surface area contributed by atoms with E-state index in [9.17, 15) is 5.11 Å². The summed E-state index contributed by atoms with van der Waals surface area (Å²) in [7, 11) is 0. The average molecular weight is 410 g/mol. The molecule has 142 valence electrons. The Bertz CT molecular complexity index is 1130. The van der Waals surface area contributed by atoms with Crippen molar-refractivity contribution in [3.8, 4) is 22.6 Å². The Hall–Kier alpha value is -2.43. The zero-order valence-electron chi connectivity index (χ0n) is 15.8. The molecule has 0 radical (unpaired) electrons. The molecular weight excluding hydrogens is 390 g/mol. The van der Waals surface area contributed by atoms with Crippen LogP contribution in [0, 0.1) is 0 Å². The Morgan fingerprint density at radius 3 is 2.71 bits per heavy atom. The quantitative estimate of drug-likeness (QED) is 0.461. The summed E-state index contributed by atoms with van der Waals surface area (Å²) >= 11 is 8.20. The smallest absolute Gasteiger partial charge is 0.159 e. The lowest BCUT2D eigenvalue weighted by Crippen LogP contribution is -2.32. The molecule has 0 bridgehead atoms. The van der Waals surface area contributed by atoms with Gasteiger partial charge in [-0.25, -0.2) is 0 Å². The van der Waals surface area contributed by atoms with E-state index in [1.807, 2.05) is 6.07 Å². The van der Waals surface area contributed by atoms with E-state index in [0.717, 1.165) is 32.8 Å². The van der Waals surface area contributed by atoms with Crippen LogP contribution in [0.3, 0.4) is 0 Å². The van der Waals surface area contributed by atoms with Crippen molar-refractivity contribution in [1.82, 2.24) is 0 Å². The number of phenolic OH excluding ortho intramolecular Hbond substituents is 1. The van der Waals surface area contributed by atoms with Gasteiger partial charge in [-0.05, 0) is 61.6 Å². The van der Waals surface area contributed by atoms with Crippen molar-refractivity contribution in [3.05, 3.63) is 68.9 Å². The van der Waals surface area contributed by atoms with Crippen molar-refractivity contribution in [2.75, 3.05) is 5.32 Å². The molecule has 2 aromatic carbocycles. The minimum absolute atomic E-state index is 0.0637. The van der Waals surface area contributed by atoms with Gasteiger partial charge >= 0.3 is 0 Å². The van der Waals surface area contributed by atoms with Gasteiger partial charge in [0.1, 0.15) is 11.5 Å². The van der Waals surface area contributed by atoms with E-state index in [4.69, 9.17) is 16.3 Å². The van der Waals surface area contributed by atoms with Gasteiger partial charge in [0.05, 0.1) is 10.6 Å². The number of hydrogen-bond donors (Lipinski definition) is 2. The molecular formula is C23H20ClNO2S. The minimum atomic E-state index is -0.218. The van der Waals surface area contributed by atoms with Crippen LogP contribution < -0.4 is 10.1 Å². The zero-order valence-corrected chi connectivity index (χ0v) is 17.4. The predicted octanol–water partition coefficient (Wildman–Crippen LogP) is 6.86. The number of phenols is 1. The molecule has 0 aliphatic carbocycles. The largest absolute Gasteiger partial charge is 0.506 e. The van der Waals surface area contributed by atoms with Gasteiger partial charge in [-0.2, -0.15) is 0 Å². The minimum Gasteiger partial charge on any atom is -0.506 e. The Morgan fingerprint density at radius 1 is 1.14 bits per heavy atom. The second-order valence-corrected chi connectivity index (χ2v) is 9.27. The Labute approximate surface area is 173 Å². The summed E-state index contributed by atoms with van der Waals surface area (Å²) in [6.07, 6.45) is 2.03. The van der Waals surface area contributed by atoms with E-state index >= 15 is 0 Å². The maximum atomic E-state index is 10.2. The summed E-state index contributed by atoms with van der Waals surface area (Å²) in [5.41, 5.74) is 6.19. The van der Waals surface area contributed by atoms with Crippen LogP contribution in [0.1, 0.15) is 42.9 Å². The topological polar surface area (TPSA) is 41.5 Å². The fourth-order valence-electron chi connectivity index (χ4n) is 4.36. The van der Waals surface area contributed by atoms with E-state index in [1.54, 1.807) is 23.5 Å². The second kappa shape index (κ2) is 6.03. The molecule has 2 aliphatic rings. The van der Waals surface area contributed by atoms with Crippen molar-refractivity contribution < 1.29 is 9.84 Å². The number of anilines is 1. The number of nitrogens with one attached hydrogen (secondary N) is 1. The van der Waals surface area contributed by atoms with Gasteiger partial charge < -0.3 is 15.2 Å². The lowest BCUT2D eigenvalue weighted by molar-refractivity contribution is 0.246. The maximum absolute atomic E-state index is 10.2. The van der Waals surface area contributed by atoms with Gasteiger partial charge in [0, 0.05) is 27.3 Å². The summed E-state index contributed by atoms with van der Waals surface area (Å²) in [6, 6.07) is 11.7. The Balaban J connectivity index is 1.85. The van der Waals surface area contributed by atoms with Crippen LogP contribution in [-0.4, -0.2) is 10.6 Å². The molecule has 28 heavy (non-hydrogen) atoms. The average Bonchev–Trinajstić information content (AvgIpc) is 3.16. The first-order chi connectivity index (χ1) is 13.4. The van der Waals surface area contributed by atoms with Crippen LogP contribution in [-0.2, 0) is 0 Å². The number of rotatable bonds is 1. The summed E-state index contributed by atoms with van der Waals surface area (Å²) in [6.45, 7) is 6.47. The molecule has 0 fully saturated rings. The van der Waals surface area contributed by atoms with Gasteiger partial charge in [0.15, 0.2) is 6.10 Å². The van der Waals surface area contributed by atoms with Crippen LogP contribution >= 0.6 is 22.9 Å². The third-order valence-electron chi connectivity index (χ3n) is 5.34. The molecule has 3 aromatic rings. The molecule has 0 saturated carbocycles. The van der Waals surface area contributed by atoms with Crippen molar-refractivity contribution in [2.45, 2.75) is 32.4 Å². The van der Waals surface area contributed by atoms with Crippen LogP contribution in [0.4, 0.5) is 5.69 Å². The molecule has 0 spiro atoms. The number of thiophene rings is 1. The van der Waals surface area contributed by atoms with E-state index in [0.29, 0.717) is 10.8 Å². The Kier molecular flexibility index (Phi) is 3.80. The molecule has 2 aliphatic heterocycles. The van der Waals surface area contributed by atoms with Crippen molar-refractivity contribution in [2.24, 2.45) is 0 Å². The first-order valence-corrected chi connectivity index (χ1v) is 10.5. The predicted molar refractivity (Wildman–Crippen MR) is 117 cm³/mol. The first-order valence-electron chi connectivity index (χ1n) is 9.22. The number of aromatic hydroxyl groups is 1. The Morgan fingerprint density at radius 2 is 1.96 bits per heavy atom. The van der Waals surface area contributed by atoms with Crippen molar-refractivity contribution in [1.29, 1.82) is 0 Å². The molecule has 1 aromatic heterocycles. The third-order valence-corrected chi connectivity index (χ3v) is 6.63. The van der Waals surface area contributed by atoms with Crippen LogP contribution in [0.15, 0.2) is 47.9 Å². The van der Waals surface area contributed by atoms with E-state index in [-0.39, 0.29) is 17.4 Å². The summed E-state index contributed by atoms with van der Waals surface area (Å²) in [4.78, 5) is 1.14. The van der Waals surface area contributed by atoms with E-state index < -0.39 is 0 Å². The van der Waals surface area contributed by atoms with Gasteiger partial charge in [0.2, 0.25) is 0 Å². The highest BCUT2D eigenvalue weighted by molar-refractivity contribution is 7.10. The van der Waals surface area contributed by atoms with E-state index in [1.165, 1.54) is 5.57 Å². The molecule has 1 unspecified atom stereocenters. The molecule has 3 nitrogen and oxygen atoms in total. The van der Waals surface area contributed by atoms with Crippen molar-refractivity contribution >= 4 is 34.2 Å². The monoisotopic (exact) mass is 409 g/mol. The number of halogens is 1. The number of benzene rings is 2. The zero-order chi connectivity index (χ0) is 19.6. The lowest BCUT2D eigenvalue weighted by Gasteiger charge is -2.37. The molecule has 3 heterocycles. The molecule has 5 rings (SSSR count). The summed E-state index contributed by atoms with van der Waals surface area (Å²) in [5, 5.41) is 16.2. The van der Waals surface area contributed by atoms with Gasteiger partial charge in [-0.1, -0.05) is 29.8 Å². The SMILES string of the molecule is CC1=CC(C)(C)Nc2ccc3c(c21)C(c1cccs1)Oc1ccc(O)c(Cl)c1-3. The first kappa shape index (κ1) is 17.7. The maximum Gasteiger partial charge on any atom is 0.159 e. The fraction of sp³-hybridized carbons (Fsp3) is 0.217. The summed E-state index contributed by atoms with van der Waals surface area (Å²) < 4.78 is 6.46. The summed E-state index contributed by atoms with van der Waals surface area (Å²) in [5.74, 6) is 0.758. The standard InChI is InChI=1S/C23H20ClNO2S/c1-12-11-23(2,3)25-14-7-6-13-19-16(9-8-15(26)21(19)24)27-22(20(13)18(12)14)17-5-4-10-28-17/h4-11,22,25-26H,1-3H3. The van der Waals surface area contributed by atoms with Crippen LogP contribution in [0.5, 0.6) is 11.5 Å². The number of ether oxygens (including phenoxy) is 1. The molecule has 1 atom stereocenters. The molecule has 0 saturated heterocycles. The van der Waals surface area contributed by atoms with E-state index in [2.05, 4.69) is 55.7 Å². The van der Waals surface area contributed by atoms with Gasteiger partial charge in [0.25, 0.3) is 0 Å².